The minimum atomic E-state index is -4.33. The number of Topliss-reactive ketones (excluding diaryl/α,β-unsaturated/α-hetero) is 5. The maximum Gasteiger partial charge on any atom is 0.303 e. The Morgan fingerprint density at radius 2 is 1.12 bits per heavy atom. The van der Waals surface area contributed by atoms with E-state index >= 15 is 0 Å². The number of fused-ring (bicyclic) bond motifs is 1. The zero-order valence-corrected chi connectivity index (χ0v) is 42.7. The second kappa shape index (κ2) is 22.5. The molecule has 0 bridgehead atoms. The Hall–Kier alpha value is -5.37. The number of carbonyl (C=O) groups is 11. The van der Waals surface area contributed by atoms with Crippen LogP contribution in [0.4, 0.5) is 0 Å². The Kier molecular flexibility index (Phi) is 18.1. The van der Waals surface area contributed by atoms with E-state index in [-0.39, 0.29) is 21.4 Å². The second-order valence-corrected chi connectivity index (χ2v) is 18.8. The standard InChI is InChI=1S/C46H56BrNO26/c1-17(49)29(58)32-37(74-40-34(70-25(9)57)33(69-24(8)56)31(68-23(7)55)28(71-40)16-67-22(6)54)44(63,20(4)52)45(64,21(5)53)42(72-32)46(65)36(30(59)18(2)50)73-41(66-15-14-47)35(43(46,62)19(3)51)48-38(60)26-12-10-11-13-27(26)39(48)61/h10-13,28-37,40-42,58-59,62-65H,14-16H2,1-9H3/t28-,29?,30?,31+,32-,33+,34-,35-,36-,37+,40+,41+,42-,43-,44+,45+,46+/m1/s1. The van der Waals surface area contributed by atoms with Crippen LogP contribution >= 0.6 is 15.9 Å². The molecule has 1 aromatic carbocycles. The molecule has 28 heteroatoms. The summed E-state index contributed by atoms with van der Waals surface area (Å²) in [6.45, 7) is 4.94. The summed E-state index contributed by atoms with van der Waals surface area (Å²) >= 11 is 3.11. The number of hydrogen-bond donors (Lipinski definition) is 6. The van der Waals surface area contributed by atoms with Crippen molar-refractivity contribution in [3.8, 4) is 0 Å². The summed E-state index contributed by atoms with van der Waals surface area (Å²) in [6.07, 6.45) is -30.9. The van der Waals surface area contributed by atoms with E-state index in [9.17, 15) is 83.4 Å². The third kappa shape index (κ3) is 10.1. The lowest BCUT2D eigenvalue weighted by Gasteiger charge is -2.65. The van der Waals surface area contributed by atoms with Crippen molar-refractivity contribution in [2.24, 2.45) is 0 Å². The average Bonchev–Trinajstić information content (AvgIpc) is 3.55. The van der Waals surface area contributed by atoms with E-state index in [0.29, 0.717) is 34.6 Å². The highest BCUT2D eigenvalue weighted by Crippen LogP contribution is 2.55. The minimum absolute atomic E-state index is 0.0859. The van der Waals surface area contributed by atoms with Crippen LogP contribution < -0.4 is 0 Å². The molecule has 6 N–H and O–H groups in total. The van der Waals surface area contributed by atoms with Gasteiger partial charge < -0.3 is 73.3 Å². The van der Waals surface area contributed by atoms with Gasteiger partial charge in [-0.15, -0.1) is 0 Å². The maximum absolute atomic E-state index is 14.6. The van der Waals surface area contributed by atoms with Crippen LogP contribution in [0.25, 0.3) is 0 Å². The van der Waals surface area contributed by atoms with Crippen LogP contribution in [0.15, 0.2) is 24.3 Å². The number of aliphatic hydroxyl groups excluding tert-OH is 2. The first kappa shape index (κ1) is 59.5. The summed E-state index contributed by atoms with van der Waals surface area (Å²) in [6, 6.07) is 2.28. The molecule has 27 nitrogen and oxygen atoms in total. The highest BCUT2D eigenvalue weighted by molar-refractivity contribution is 9.09. The van der Waals surface area contributed by atoms with Crippen LogP contribution in [0.3, 0.4) is 0 Å². The summed E-state index contributed by atoms with van der Waals surface area (Å²) in [5.41, 5.74) is -17.6. The lowest BCUT2D eigenvalue weighted by atomic mass is 9.55. The number of ketones is 5. The SMILES string of the molecule is CC(=O)OC[C@H]1O[C@@H](O[C@H]2[C@@H](C(O)C(C)=O)O[C@@H]([C@@]3(O)[C@@H](C(O)C(C)=O)O[C@H](OCCBr)[C@@H](N4C(=O)c5ccccc5C4=O)[C@]3(O)C(C)=O)[C@@](O)(C(C)=O)[C@]2(O)C(C)=O)[C@H](OC(C)=O)[C@@H](OC(C)=O)[C@H]1OC(C)=O. The molecule has 2 unspecified atom stereocenters. The second-order valence-electron chi connectivity index (χ2n) is 18.0. The van der Waals surface area contributed by atoms with Gasteiger partial charge in [-0.3, -0.25) is 57.6 Å². The number of aliphatic hydroxyl groups is 6. The van der Waals surface area contributed by atoms with Crippen molar-refractivity contribution >= 4 is 80.5 Å². The number of imide groups is 1. The number of hydrogen-bond acceptors (Lipinski definition) is 26. The largest absolute Gasteiger partial charge is 0.463 e. The maximum atomic E-state index is 14.6. The van der Waals surface area contributed by atoms with E-state index in [1.807, 2.05) is 0 Å². The van der Waals surface area contributed by atoms with E-state index in [1.54, 1.807) is 0 Å². The van der Waals surface area contributed by atoms with Crippen molar-refractivity contribution < 1.29 is 126 Å². The molecule has 0 aliphatic carbocycles. The van der Waals surface area contributed by atoms with Crippen molar-refractivity contribution in [1.82, 2.24) is 4.90 Å². The molecule has 5 rings (SSSR count). The van der Waals surface area contributed by atoms with Gasteiger partial charge in [0, 0.05) is 33.0 Å². The summed E-state index contributed by atoms with van der Waals surface area (Å²) in [5, 5.41) is 76.9. The van der Waals surface area contributed by atoms with Crippen LogP contribution in [0.5, 0.6) is 0 Å². The van der Waals surface area contributed by atoms with Crippen molar-refractivity contribution in [1.29, 1.82) is 0 Å². The molecule has 17 atom stereocenters. The molecule has 4 heterocycles. The molecule has 0 spiro atoms. The Morgan fingerprint density at radius 1 is 0.635 bits per heavy atom. The molecule has 2 amide bonds. The monoisotopic (exact) mass is 1120 g/mol. The minimum Gasteiger partial charge on any atom is -0.463 e. The van der Waals surface area contributed by atoms with E-state index in [2.05, 4.69) is 15.9 Å². The Bertz CT molecular complexity index is 2430. The number of halogens is 1. The third-order valence-corrected chi connectivity index (χ3v) is 13.4. The van der Waals surface area contributed by atoms with Gasteiger partial charge in [0.2, 0.25) is 0 Å². The van der Waals surface area contributed by atoms with Crippen LogP contribution in [0.2, 0.25) is 0 Å². The van der Waals surface area contributed by atoms with Gasteiger partial charge in [0.1, 0.15) is 55.4 Å². The van der Waals surface area contributed by atoms with E-state index < -0.39 is 180 Å². The highest BCUT2D eigenvalue weighted by atomic mass is 79.9. The average molecular weight is 1120 g/mol. The summed E-state index contributed by atoms with van der Waals surface area (Å²) in [7, 11) is 0. The molecule has 4 aliphatic heterocycles. The zero-order valence-electron chi connectivity index (χ0n) is 41.1. The number of nitrogens with zero attached hydrogens (tertiary/aromatic N) is 1. The number of esters is 4. The van der Waals surface area contributed by atoms with Gasteiger partial charge in [-0.25, -0.2) is 0 Å². The molecule has 0 radical (unpaired) electrons. The number of benzene rings is 1. The fourth-order valence-corrected chi connectivity index (χ4v) is 10.0. The Labute approximate surface area is 428 Å². The molecule has 408 valence electrons. The van der Waals surface area contributed by atoms with Crippen molar-refractivity contribution in [3.05, 3.63) is 35.4 Å². The normalized spacial score (nSPS) is 35.6. The lowest BCUT2D eigenvalue weighted by molar-refractivity contribution is -0.411. The summed E-state index contributed by atoms with van der Waals surface area (Å²) < 4.78 is 51.2. The number of rotatable bonds is 19. The number of carbonyl (C=O) groups excluding carboxylic acids is 11. The quantitative estimate of drug-likeness (QED) is 0.0341. The first-order chi connectivity index (χ1) is 34.3. The Balaban J connectivity index is 1.88. The molecular formula is C46H56BrNO26. The predicted molar refractivity (Wildman–Crippen MR) is 240 cm³/mol. The molecule has 0 saturated carbocycles. The zero-order chi connectivity index (χ0) is 55.9. The van der Waals surface area contributed by atoms with E-state index in [0.717, 1.165) is 27.7 Å². The van der Waals surface area contributed by atoms with Gasteiger partial charge in [0.15, 0.2) is 82.2 Å². The fraction of sp³-hybridized carbons (Fsp3) is 0.630. The van der Waals surface area contributed by atoms with E-state index in [1.165, 1.54) is 24.3 Å². The van der Waals surface area contributed by atoms with Gasteiger partial charge in [-0.1, -0.05) is 28.1 Å². The third-order valence-electron chi connectivity index (χ3n) is 13.1. The van der Waals surface area contributed by atoms with E-state index in [4.69, 9.17) is 42.6 Å². The first-order valence-electron chi connectivity index (χ1n) is 22.5. The molecule has 3 fully saturated rings. The molecule has 0 aromatic heterocycles. The van der Waals surface area contributed by atoms with Gasteiger partial charge >= 0.3 is 23.9 Å². The Morgan fingerprint density at radius 3 is 1.57 bits per heavy atom. The number of alkyl halides is 1. The summed E-state index contributed by atoms with van der Waals surface area (Å²) in [4.78, 5) is 149. The first-order valence-corrected chi connectivity index (χ1v) is 23.6. The topological polar surface area (TPSA) is 395 Å². The van der Waals surface area contributed by atoms with Crippen molar-refractivity contribution in [2.75, 3.05) is 18.5 Å². The number of amides is 2. The number of ether oxygens (including phenoxy) is 9. The molecule has 74 heavy (non-hydrogen) atoms. The smallest absolute Gasteiger partial charge is 0.303 e. The van der Waals surface area contributed by atoms with Crippen molar-refractivity contribution in [3.63, 3.8) is 0 Å². The molecule has 3 saturated heterocycles. The van der Waals surface area contributed by atoms with Crippen LogP contribution in [-0.4, -0.2) is 221 Å². The molecule has 4 aliphatic rings. The van der Waals surface area contributed by atoms with Gasteiger partial charge in [0.05, 0.1) is 17.7 Å². The van der Waals surface area contributed by atoms with Gasteiger partial charge in [-0.2, -0.15) is 0 Å². The van der Waals surface area contributed by atoms with Gasteiger partial charge in [0.25, 0.3) is 11.8 Å². The van der Waals surface area contributed by atoms with Crippen LogP contribution in [-0.2, 0) is 85.8 Å². The molecular weight excluding hydrogens is 1060 g/mol. The molecule has 1 aromatic rings. The van der Waals surface area contributed by atoms with Gasteiger partial charge in [-0.05, 0) is 46.8 Å². The summed E-state index contributed by atoms with van der Waals surface area (Å²) in [5.74, 6) is -15.2. The lowest BCUT2D eigenvalue weighted by Crippen LogP contribution is -2.92. The fourth-order valence-electron chi connectivity index (χ4n) is 9.82. The highest BCUT2D eigenvalue weighted by Gasteiger charge is 2.83. The van der Waals surface area contributed by atoms with Crippen molar-refractivity contribution in [2.45, 2.75) is 164 Å². The van der Waals surface area contributed by atoms with Crippen LogP contribution in [0, 0.1) is 0 Å². The van der Waals surface area contributed by atoms with Crippen LogP contribution in [0.1, 0.15) is 83.0 Å². The predicted octanol–water partition coefficient (Wildman–Crippen LogP) is -3.39.